The van der Waals surface area contributed by atoms with E-state index in [1.165, 1.54) is 9.88 Å². The Morgan fingerprint density at radius 2 is 2.56 bits per heavy atom. The lowest BCUT2D eigenvalue weighted by Gasteiger charge is -1.81. The Morgan fingerprint density at radius 1 is 1.78 bits per heavy atom. The van der Waals surface area contributed by atoms with Gasteiger partial charge in [0.05, 0.1) is 5.01 Å². The fraction of sp³-hybridized carbons (Fsp3) is 0.429. The van der Waals surface area contributed by atoms with Crippen LogP contribution in [0.2, 0.25) is 0 Å². The van der Waals surface area contributed by atoms with Crippen LogP contribution in [-0.4, -0.2) is 4.98 Å². The highest BCUT2D eigenvalue weighted by Crippen LogP contribution is 2.12. The molecule has 0 unspecified atom stereocenters. The molecular weight excluding hydrogens is 130 g/mol. The van der Waals surface area contributed by atoms with E-state index in [9.17, 15) is 0 Å². The van der Waals surface area contributed by atoms with Gasteiger partial charge in [-0.25, -0.2) is 4.98 Å². The standard InChI is InChI=1S/C7H10NS/c1-3-6-5-8-7(4-2)9-6/h5H,1,3-4H2,2H3. The Kier molecular flexibility index (Phi) is 2.22. The molecule has 0 saturated heterocycles. The molecule has 0 aliphatic carbocycles. The number of aryl methyl sites for hydroxylation is 1. The molecule has 1 radical (unpaired) electrons. The van der Waals surface area contributed by atoms with Gasteiger partial charge in [-0.15, -0.1) is 11.3 Å². The molecule has 0 atom stereocenters. The van der Waals surface area contributed by atoms with Crippen molar-refractivity contribution >= 4 is 11.3 Å². The van der Waals surface area contributed by atoms with E-state index >= 15 is 0 Å². The highest BCUT2D eigenvalue weighted by molar-refractivity contribution is 7.11. The average Bonchev–Trinajstić information content (AvgIpc) is 2.34. The molecule has 0 fully saturated rings. The third kappa shape index (κ3) is 1.52. The summed E-state index contributed by atoms with van der Waals surface area (Å²) in [5, 5.41) is 1.22. The van der Waals surface area contributed by atoms with E-state index in [1.807, 2.05) is 6.20 Å². The monoisotopic (exact) mass is 140 g/mol. The van der Waals surface area contributed by atoms with Gasteiger partial charge in [0.15, 0.2) is 0 Å². The minimum atomic E-state index is 0.873. The van der Waals surface area contributed by atoms with E-state index in [0.29, 0.717) is 0 Å². The molecule has 9 heavy (non-hydrogen) atoms. The Morgan fingerprint density at radius 3 is 2.89 bits per heavy atom. The first-order chi connectivity index (χ1) is 4.36. The average molecular weight is 140 g/mol. The molecule has 0 aliphatic heterocycles. The smallest absolute Gasteiger partial charge is 0.0924 e. The molecule has 1 aromatic rings. The van der Waals surface area contributed by atoms with Gasteiger partial charge in [-0.2, -0.15) is 0 Å². The van der Waals surface area contributed by atoms with Gasteiger partial charge >= 0.3 is 0 Å². The van der Waals surface area contributed by atoms with Gasteiger partial charge < -0.3 is 0 Å². The van der Waals surface area contributed by atoms with Gasteiger partial charge in [-0.3, -0.25) is 0 Å². The van der Waals surface area contributed by atoms with E-state index in [1.54, 1.807) is 11.3 Å². The molecule has 0 bridgehead atoms. The molecular formula is C7H10NS. The largest absolute Gasteiger partial charge is 0.249 e. The molecule has 0 spiro atoms. The number of hydrogen-bond acceptors (Lipinski definition) is 2. The van der Waals surface area contributed by atoms with Gasteiger partial charge in [0.1, 0.15) is 0 Å². The molecule has 1 rings (SSSR count). The SMILES string of the molecule is [CH2]Cc1cnc(CC)s1. The summed E-state index contributed by atoms with van der Waals surface area (Å²) in [5.41, 5.74) is 0. The molecule has 1 aromatic heterocycles. The van der Waals surface area contributed by atoms with Crippen molar-refractivity contribution < 1.29 is 0 Å². The minimum Gasteiger partial charge on any atom is -0.249 e. The zero-order valence-corrected chi connectivity index (χ0v) is 6.37. The van der Waals surface area contributed by atoms with Gasteiger partial charge in [-0.1, -0.05) is 6.92 Å². The number of hydrogen-bond donors (Lipinski definition) is 0. The van der Waals surface area contributed by atoms with Crippen LogP contribution in [0.4, 0.5) is 0 Å². The highest BCUT2D eigenvalue weighted by atomic mass is 32.1. The zero-order valence-electron chi connectivity index (χ0n) is 5.55. The van der Waals surface area contributed by atoms with Crippen molar-refractivity contribution in [1.82, 2.24) is 4.98 Å². The lowest BCUT2D eigenvalue weighted by Crippen LogP contribution is -1.70. The molecule has 0 saturated carbocycles. The van der Waals surface area contributed by atoms with Gasteiger partial charge in [0.2, 0.25) is 0 Å². The second kappa shape index (κ2) is 2.97. The van der Waals surface area contributed by atoms with Crippen LogP contribution in [0.3, 0.4) is 0 Å². The molecule has 0 aromatic carbocycles. The fourth-order valence-electron chi connectivity index (χ4n) is 0.627. The summed E-state index contributed by atoms with van der Waals surface area (Å²) < 4.78 is 0. The van der Waals surface area contributed by atoms with Gasteiger partial charge in [0, 0.05) is 11.1 Å². The lowest BCUT2D eigenvalue weighted by atomic mass is 10.4. The summed E-state index contributed by atoms with van der Waals surface area (Å²) in [7, 11) is 0. The van der Waals surface area contributed by atoms with Crippen molar-refractivity contribution in [2.75, 3.05) is 0 Å². The van der Waals surface area contributed by atoms with Crippen LogP contribution in [0.5, 0.6) is 0 Å². The summed E-state index contributed by atoms with van der Waals surface area (Å²) >= 11 is 1.76. The summed E-state index contributed by atoms with van der Waals surface area (Å²) in [6.45, 7) is 5.89. The predicted octanol–water partition coefficient (Wildman–Crippen LogP) is 2.08. The van der Waals surface area contributed by atoms with Crippen LogP contribution in [0.15, 0.2) is 6.20 Å². The van der Waals surface area contributed by atoms with Crippen LogP contribution in [0, 0.1) is 6.92 Å². The Bertz CT molecular complexity index is 162. The molecule has 1 nitrogen and oxygen atoms in total. The third-order valence-corrected chi connectivity index (χ3v) is 2.35. The summed E-state index contributed by atoms with van der Waals surface area (Å²) in [6.07, 6.45) is 3.83. The summed E-state index contributed by atoms with van der Waals surface area (Å²) in [4.78, 5) is 5.47. The fourth-order valence-corrected chi connectivity index (χ4v) is 1.39. The van der Waals surface area contributed by atoms with Crippen molar-refractivity contribution in [3.05, 3.63) is 23.0 Å². The molecule has 0 amide bonds. The third-order valence-electron chi connectivity index (χ3n) is 1.15. The summed E-state index contributed by atoms with van der Waals surface area (Å²) in [5.74, 6) is 0. The maximum Gasteiger partial charge on any atom is 0.0924 e. The van der Waals surface area contributed by atoms with Gasteiger partial charge in [0.25, 0.3) is 0 Å². The summed E-state index contributed by atoms with van der Waals surface area (Å²) in [6, 6.07) is 0. The minimum absolute atomic E-state index is 0.873. The van der Waals surface area contributed by atoms with E-state index in [-0.39, 0.29) is 0 Å². The van der Waals surface area contributed by atoms with Gasteiger partial charge in [-0.05, 0) is 19.8 Å². The second-order valence-electron chi connectivity index (χ2n) is 1.82. The topological polar surface area (TPSA) is 12.9 Å². The van der Waals surface area contributed by atoms with Crippen molar-refractivity contribution in [3.63, 3.8) is 0 Å². The normalized spacial score (nSPS) is 10.0. The highest BCUT2D eigenvalue weighted by Gasteiger charge is 1.95. The van der Waals surface area contributed by atoms with Crippen molar-refractivity contribution in [2.45, 2.75) is 19.8 Å². The van der Waals surface area contributed by atoms with E-state index in [4.69, 9.17) is 0 Å². The number of thiazole rings is 1. The van der Waals surface area contributed by atoms with Crippen molar-refractivity contribution in [1.29, 1.82) is 0 Å². The predicted molar refractivity (Wildman–Crippen MR) is 40.6 cm³/mol. The van der Waals surface area contributed by atoms with Crippen LogP contribution in [0.25, 0.3) is 0 Å². The van der Waals surface area contributed by atoms with Crippen LogP contribution >= 0.6 is 11.3 Å². The number of rotatable bonds is 2. The van der Waals surface area contributed by atoms with E-state index < -0.39 is 0 Å². The lowest BCUT2D eigenvalue weighted by molar-refractivity contribution is 1.09. The van der Waals surface area contributed by atoms with E-state index in [0.717, 1.165) is 12.8 Å². The molecule has 0 N–H and O–H groups in total. The van der Waals surface area contributed by atoms with Crippen molar-refractivity contribution in [2.24, 2.45) is 0 Å². The first kappa shape index (κ1) is 6.75. The molecule has 2 heteroatoms. The maximum atomic E-state index is 4.18. The molecule has 0 aliphatic rings. The quantitative estimate of drug-likeness (QED) is 0.613. The Balaban J connectivity index is 2.74. The Hall–Kier alpha value is -0.370. The van der Waals surface area contributed by atoms with Crippen LogP contribution in [-0.2, 0) is 12.8 Å². The zero-order chi connectivity index (χ0) is 6.69. The maximum absolute atomic E-state index is 4.18. The second-order valence-corrected chi connectivity index (χ2v) is 3.02. The molecule has 1 heterocycles. The van der Waals surface area contributed by atoms with Crippen LogP contribution in [0.1, 0.15) is 16.8 Å². The Labute approximate surface area is 59.8 Å². The first-order valence-electron chi connectivity index (χ1n) is 3.09. The number of aromatic nitrogens is 1. The number of nitrogens with zero attached hydrogens (tertiary/aromatic N) is 1. The van der Waals surface area contributed by atoms with Crippen molar-refractivity contribution in [3.8, 4) is 0 Å². The first-order valence-corrected chi connectivity index (χ1v) is 3.91. The van der Waals surface area contributed by atoms with Crippen LogP contribution < -0.4 is 0 Å². The van der Waals surface area contributed by atoms with E-state index in [2.05, 4.69) is 18.8 Å². The molecule has 49 valence electrons.